The Morgan fingerprint density at radius 3 is 2.34 bits per heavy atom. The molecule has 0 unspecified atom stereocenters. The molecule has 0 fully saturated rings. The Morgan fingerprint density at radius 2 is 1.66 bits per heavy atom. The van der Waals surface area contributed by atoms with Crippen molar-refractivity contribution in [1.82, 2.24) is 4.98 Å². The third-order valence-electron chi connectivity index (χ3n) is 5.05. The number of ether oxygens (including phenoxy) is 1. The zero-order valence-electron chi connectivity index (χ0n) is 19.3. The fourth-order valence-electron chi connectivity index (χ4n) is 3.56. The van der Waals surface area contributed by atoms with Gasteiger partial charge in [-0.1, -0.05) is 54.6 Å². The summed E-state index contributed by atoms with van der Waals surface area (Å²) in [4.78, 5) is 18.6. The lowest BCUT2D eigenvalue weighted by Gasteiger charge is -2.26. The Balaban J connectivity index is 1.66. The molecule has 0 aliphatic heterocycles. The Morgan fingerprint density at radius 1 is 0.938 bits per heavy atom. The first-order chi connectivity index (χ1) is 15.3. The third kappa shape index (κ3) is 7.73. The van der Waals surface area contributed by atoms with E-state index in [0.29, 0.717) is 18.8 Å². The molecule has 3 aromatic rings. The van der Waals surface area contributed by atoms with E-state index in [-0.39, 0.29) is 5.97 Å². The second kappa shape index (κ2) is 10.8. The number of rotatable bonds is 9. The van der Waals surface area contributed by atoms with E-state index in [9.17, 15) is 4.79 Å². The SMILES string of the molecule is CC(C)(C)OC(=O)CCN(CCc1cccc(Cc2ccccc2)c1)c1ccc(N)nc1. The summed E-state index contributed by atoms with van der Waals surface area (Å²) in [5.41, 5.74) is 10.1. The lowest BCUT2D eigenvalue weighted by atomic mass is 10.0. The van der Waals surface area contributed by atoms with E-state index >= 15 is 0 Å². The van der Waals surface area contributed by atoms with Crippen LogP contribution >= 0.6 is 0 Å². The predicted molar refractivity (Wildman–Crippen MR) is 131 cm³/mol. The maximum atomic E-state index is 12.3. The van der Waals surface area contributed by atoms with Crippen LogP contribution in [0.15, 0.2) is 72.9 Å². The number of hydrogen-bond acceptors (Lipinski definition) is 5. The quantitative estimate of drug-likeness (QED) is 0.481. The van der Waals surface area contributed by atoms with E-state index in [0.717, 1.165) is 25.1 Å². The number of benzene rings is 2. The largest absolute Gasteiger partial charge is 0.460 e. The molecule has 5 heteroatoms. The smallest absolute Gasteiger partial charge is 0.308 e. The van der Waals surface area contributed by atoms with Crippen LogP contribution in [0.1, 0.15) is 43.9 Å². The molecule has 2 N–H and O–H groups in total. The van der Waals surface area contributed by atoms with Gasteiger partial charge in [0, 0.05) is 13.1 Å². The maximum Gasteiger partial charge on any atom is 0.308 e. The number of carbonyl (C=O) groups is 1. The molecule has 2 aromatic carbocycles. The Labute approximate surface area is 191 Å². The molecule has 0 atom stereocenters. The van der Waals surface area contributed by atoms with E-state index in [2.05, 4.69) is 58.4 Å². The first-order valence-electron chi connectivity index (χ1n) is 11.1. The van der Waals surface area contributed by atoms with E-state index in [4.69, 9.17) is 10.5 Å². The van der Waals surface area contributed by atoms with Crippen molar-refractivity contribution in [3.05, 3.63) is 89.6 Å². The highest BCUT2D eigenvalue weighted by Crippen LogP contribution is 2.18. The second-order valence-electron chi connectivity index (χ2n) is 9.00. The molecule has 0 bridgehead atoms. The van der Waals surface area contributed by atoms with Crippen molar-refractivity contribution in [3.63, 3.8) is 0 Å². The van der Waals surface area contributed by atoms with Crippen LogP contribution in [0.4, 0.5) is 11.5 Å². The van der Waals surface area contributed by atoms with Gasteiger partial charge in [-0.05, 0) is 62.4 Å². The zero-order valence-corrected chi connectivity index (χ0v) is 19.3. The zero-order chi connectivity index (χ0) is 23.0. The third-order valence-corrected chi connectivity index (χ3v) is 5.05. The van der Waals surface area contributed by atoms with Crippen LogP contribution in [0.5, 0.6) is 0 Å². The van der Waals surface area contributed by atoms with Crippen LogP contribution in [-0.2, 0) is 22.4 Å². The van der Waals surface area contributed by atoms with Crippen molar-refractivity contribution in [1.29, 1.82) is 0 Å². The number of carbonyl (C=O) groups excluding carboxylic acids is 1. The van der Waals surface area contributed by atoms with Gasteiger partial charge in [-0.2, -0.15) is 0 Å². The van der Waals surface area contributed by atoms with Gasteiger partial charge in [0.2, 0.25) is 0 Å². The number of hydrogen-bond donors (Lipinski definition) is 1. The molecule has 0 saturated carbocycles. The number of aromatic nitrogens is 1. The minimum absolute atomic E-state index is 0.198. The molecule has 168 valence electrons. The lowest BCUT2D eigenvalue weighted by Crippen LogP contribution is -2.31. The van der Waals surface area contributed by atoms with E-state index < -0.39 is 5.60 Å². The Kier molecular flexibility index (Phi) is 7.87. The average Bonchev–Trinajstić information content (AvgIpc) is 2.74. The molecule has 3 rings (SSSR count). The van der Waals surface area contributed by atoms with Crippen LogP contribution in [0.25, 0.3) is 0 Å². The summed E-state index contributed by atoms with van der Waals surface area (Å²) in [6, 6.07) is 22.9. The van der Waals surface area contributed by atoms with E-state index in [1.807, 2.05) is 32.9 Å². The number of nitrogens with two attached hydrogens (primary N) is 1. The fourth-order valence-corrected chi connectivity index (χ4v) is 3.56. The van der Waals surface area contributed by atoms with Crippen LogP contribution in [-0.4, -0.2) is 29.6 Å². The topological polar surface area (TPSA) is 68.5 Å². The van der Waals surface area contributed by atoms with Crippen LogP contribution < -0.4 is 10.6 Å². The van der Waals surface area contributed by atoms with E-state index in [1.54, 1.807) is 12.3 Å². The maximum absolute atomic E-state index is 12.3. The van der Waals surface area contributed by atoms with Gasteiger partial charge in [0.05, 0.1) is 18.3 Å². The van der Waals surface area contributed by atoms with Gasteiger partial charge in [-0.15, -0.1) is 0 Å². The molecule has 1 aromatic heterocycles. The second-order valence-corrected chi connectivity index (χ2v) is 9.00. The molecule has 32 heavy (non-hydrogen) atoms. The number of nitrogen functional groups attached to an aromatic ring is 1. The highest BCUT2D eigenvalue weighted by Gasteiger charge is 2.17. The van der Waals surface area contributed by atoms with Gasteiger partial charge in [-0.25, -0.2) is 4.98 Å². The summed E-state index contributed by atoms with van der Waals surface area (Å²) in [5.74, 6) is 0.283. The van der Waals surface area contributed by atoms with Gasteiger partial charge in [-0.3, -0.25) is 4.79 Å². The van der Waals surface area contributed by atoms with Gasteiger partial charge in [0.25, 0.3) is 0 Å². The minimum atomic E-state index is -0.482. The van der Waals surface area contributed by atoms with Crippen molar-refractivity contribution in [3.8, 4) is 0 Å². The minimum Gasteiger partial charge on any atom is -0.460 e. The summed E-state index contributed by atoms with van der Waals surface area (Å²) < 4.78 is 5.48. The highest BCUT2D eigenvalue weighted by atomic mass is 16.6. The summed E-state index contributed by atoms with van der Waals surface area (Å²) in [6.45, 7) is 6.98. The molecular formula is C27H33N3O2. The Hall–Kier alpha value is -3.34. The Bertz CT molecular complexity index is 995. The molecule has 0 saturated heterocycles. The summed E-state index contributed by atoms with van der Waals surface area (Å²) in [7, 11) is 0. The highest BCUT2D eigenvalue weighted by molar-refractivity contribution is 5.70. The van der Waals surface area contributed by atoms with Crippen LogP contribution in [0.2, 0.25) is 0 Å². The summed E-state index contributed by atoms with van der Waals surface area (Å²) >= 11 is 0. The molecule has 1 heterocycles. The number of pyridine rings is 1. The van der Waals surface area contributed by atoms with Crippen molar-refractivity contribution in [2.45, 2.75) is 45.6 Å². The van der Waals surface area contributed by atoms with Crippen LogP contribution in [0, 0.1) is 0 Å². The van der Waals surface area contributed by atoms with Crippen molar-refractivity contribution < 1.29 is 9.53 Å². The summed E-state index contributed by atoms with van der Waals surface area (Å²) in [5, 5.41) is 0. The molecule has 0 aliphatic rings. The molecule has 0 spiro atoms. The van der Waals surface area contributed by atoms with Crippen molar-refractivity contribution in [2.75, 3.05) is 23.7 Å². The first-order valence-corrected chi connectivity index (χ1v) is 11.1. The molecule has 0 aliphatic carbocycles. The molecule has 0 radical (unpaired) electrons. The molecule has 0 amide bonds. The summed E-state index contributed by atoms with van der Waals surface area (Å²) in [6.07, 6.45) is 3.85. The first kappa shape index (κ1) is 23.3. The van der Waals surface area contributed by atoms with Crippen molar-refractivity contribution in [2.24, 2.45) is 0 Å². The van der Waals surface area contributed by atoms with Gasteiger partial charge in [0.15, 0.2) is 0 Å². The molecule has 5 nitrogen and oxygen atoms in total. The number of anilines is 2. The number of esters is 1. The van der Waals surface area contributed by atoms with Crippen LogP contribution in [0.3, 0.4) is 0 Å². The van der Waals surface area contributed by atoms with Gasteiger partial charge >= 0.3 is 5.97 Å². The fraction of sp³-hybridized carbons (Fsp3) is 0.333. The average molecular weight is 432 g/mol. The lowest BCUT2D eigenvalue weighted by molar-refractivity contribution is -0.154. The molecular weight excluding hydrogens is 398 g/mol. The van der Waals surface area contributed by atoms with Gasteiger partial charge in [0.1, 0.15) is 11.4 Å². The van der Waals surface area contributed by atoms with E-state index in [1.165, 1.54) is 16.7 Å². The van der Waals surface area contributed by atoms with Crippen molar-refractivity contribution >= 4 is 17.5 Å². The normalized spacial score (nSPS) is 11.2. The number of nitrogens with zero attached hydrogens (tertiary/aromatic N) is 2. The van der Waals surface area contributed by atoms with Gasteiger partial charge < -0.3 is 15.4 Å². The predicted octanol–water partition coefficient (Wildman–Crippen LogP) is 5.04. The standard InChI is InChI=1S/C27H33N3O2/c1-27(2,3)32-26(31)15-17-30(24-12-13-25(28)29-20-24)16-14-22-10-7-11-23(19-22)18-21-8-5-4-6-9-21/h4-13,19-20H,14-18H2,1-3H3,(H2,28,29). The monoisotopic (exact) mass is 431 g/mol.